The lowest BCUT2D eigenvalue weighted by Gasteiger charge is -2.24. The molecule has 4 aromatic rings. The molecule has 0 saturated heterocycles. The van der Waals surface area contributed by atoms with E-state index in [1.807, 2.05) is 12.1 Å². The SMILES string of the molecule is COc1cc2c(-c3ccc(NC(=O)C(C)(N)c4ccc(F)cc4)cc3)ncnc2cc1O. The standard InChI is InChI=1S/C24H21FN4O3/c1-24(26,15-5-7-16(25)8-6-15)23(31)29-17-9-3-14(4-10-17)22-18-11-21(32-2)20(30)12-19(18)27-13-28-22/h3-13,30H,26H2,1-2H3,(H,29,31). The van der Waals surface area contributed by atoms with E-state index in [0.29, 0.717) is 33.6 Å². The van der Waals surface area contributed by atoms with Gasteiger partial charge in [-0.05, 0) is 42.8 Å². The van der Waals surface area contributed by atoms with Crippen LogP contribution in [0, 0.1) is 5.82 Å². The van der Waals surface area contributed by atoms with Gasteiger partial charge in [-0.15, -0.1) is 0 Å². The van der Waals surface area contributed by atoms with Crippen molar-refractivity contribution in [3.63, 3.8) is 0 Å². The summed E-state index contributed by atoms with van der Waals surface area (Å²) in [5.41, 5.74) is 7.94. The molecule has 0 fully saturated rings. The van der Waals surface area contributed by atoms with Crippen LogP contribution in [0.1, 0.15) is 12.5 Å². The highest BCUT2D eigenvalue weighted by atomic mass is 19.1. The van der Waals surface area contributed by atoms with E-state index in [0.717, 1.165) is 5.56 Å². The van der Waals surface area contributed by atoms with Gasteiger partial charge in [0.1, 0.15) is 17.7 Å². The van der Waals surface area contributed by atoms with Crippen LogP contribution in [0.3, 0.4) is 0 Å². The number of nitrogens with zero attached hydrogens (tertiary/aromatic N) is 2. The predicted octanol–water partition coefficient (Wildman–Crippen LogP) is 3.96. The van der Waals surface area contributed by atoms with Crippen LogP contribution in [-0.4, -0.2) is 28.1 Å². The third-order valence-corrected chi connectivity index (χ3v) is 5.27. The number of nitrogens with two attached hydrogens (primary N) is 1. The molecule has 1 amide bonds. The van der Waals surface area contributed by atoms with Gasteiger partial charge in [-0.2, -0.15) is 0 Å². The first-order chi connectivity index (χ1) is 15.3. The molecule has 0 saturated carbocycles. The molecular formula is C24H21FN4O3. The maximum Gasteiger partial charge on any atom is 0.248 e. The van der Waals surface area contributed by atoms with Crippen LogP contribution in [0.2, 0.25) is 0 Å². The summed E-state index contributed by atoms with van der Waals surface area (Å²) in [6, 6.07) is 15.8. The first-order valence-corrected chi connectivity index (χ1v) is 9.78. The van der Waals surface area contributed by atoms with Crippen LogP contribution in [-0.2, 0) is 10.3 Å². The minimum absolute atomic E-state index is 0.00583. The van der Waals surface area contributed by atoms with Crippen LogP contribution in [0.4, 0.5) is 10.1 Å². The molecule has 0 aliphatic rings. The number of halogens is 1. The Balaban J connectivity index is 1.60. The van der Waals surface area contributed by atoms with Crippen molar-refractivity contribution in [3.8, 4) is 22.8 Å². The zero-order chi connectivity index (χ0) is 22.9. The summed E-state index contributed by atoms with van der Waals surface area (Å²) in [5.74, 6) is -0.510. The average Bonchev–Trinajstić information content (AvgIpc) is 2.79. The number of hydrogen-bond acceptors (Lipinski definition) is 6. The van der Waals surface area contributed by atoms with E-state index < -0.39 is 17.3 Å². The minimum atomic E-state index is -1.34. The maximum absolute atomic E-state index is 13.2. The normalized spacial score (nSPS) is 12.9. The number of hydrogen-bond donors (Lipinski definition) is 3. The van der Waals surface area contributed by atoms with Crippen LogP contribution >= 0.6 is 0 Å². The molecule has 0 aliphatic heterocycles. The van der Waals surface area contributed by atoms with Gasteiger partial charge >= 0.3 is 0 Å². The number of anilines is 1. The van der Waals surface area contributed by atoms with Crippen LogP contribution in [0.25, 0.3) is 22.2 Å². The summed E-state index contributed by atoms with van der Waals surface area (Å²) in [5, 5.41) is 13.5. The molecule has 4 N–H and O–H groups in total. The molecule has 3 aromatic carbocycles. The third-order valence-electron chi connectivity index (χ3n) is 5.27. The van der Waals surface area contributed by atoms with E-state index in [4.69, 9.17) is 10.5 Å². The van der Waals surface area contributed by atoms with Crippen LogP contribution in [0.15, 0.2) is 67.0 Å². The number of fused-ring (bicyclic) bond motifs is 1. The summed E-state index contributed by atoms with van der Waals surface area (Å²) in [6.45, 7) is 1.57. The lowest BCUT2D eigenvalue weighted by Crippen LogP contribution is -2.45. The van der Waals surface area contributed by atoms with Crippen molar-refractivity contribution in [3.05, 3.63) is 78.4 Å². The number of carbonyl (C=O) groups is 1. The van der Waals surface area contributed by atoms with Crippen molar-refractivity contribution in [1.29, 1.82) is 0 Å². The highest BCUT2D eigenvalue weighted by molar-refractivity contribution is 5.99. The second-order valence-corrected chi connectivity index (χ2v) is 7.50. The molecule has 7 nitrogen and oxygen atoms in total. The highest BCUT2D eigenvalue weighted by Gasteiger charge is 2.30. The van der Waals surface area contributed by atoms with Crippen molar-refractivity contribution < 1.29 is 19.0 Å². The van der Waals surface area contributed by atoms with E-state index in [9.17, 15) is 14.3 Å². The van der Waals surface area contributed by atoms with Crippen molar-refractivity contribution in [1.82, 2.24) is 9.97 Å². The van der Waals surface area contributed by atoms with E-state index >= 15 is 0 Å². The number of carbonyl (C=O) groups excluding carboxylic acids is 1. The molecule has 0 bridgehead atoms. The smallest absolute Gasteiger partial charge is 0.248 e. The Morgan fingerprint density at radius 3 is 2.44 bits per heavy atom. The summed E-state index contributed by atoms with van der Waals surface area (Å²) in [4.78, 5) is 21.3. The number of aromatic hydroxyl groups is 1. The number of phenolic OH excluding ortho intramolecular Hbond substituents is 1. The highest BCUT2D eigenvalue weighted by Crippen LogP contribution is 2.34. The number of methoxy groups -OCH3 is 1. The Labute approximate surface area is 183 Å². The zero-order valence-corrected chi connectivity index (χ0v) is 17.5. The van der Waals surface area contributed by atoms with Gasteiger partial charge < -0.3 is 20.9 Å². The molecule has 0 spiro atoms. The molecule has 0 radical (unpaired) electrons. The Kier molecular flexibility index (Phi) is 5.46. The molecule has 1 aromatic heterocycles. The fraction of sp³-hybridized carbons (Fsp3) is 0.125. The largest absolute Gasteiger partial charge is 0.504 e. The van der Waals surface area contributed by atoms with Crippen molar-refractivity contribution in [2.24, 2.45) is 5.73 Å². The summed E-state index contributed by atoms with van der Waals surface area (Å²) < 4.78 is 18.4. The fourth-order valence-corrected chi connectivity index (χ4v) is 3.37. The second-order valence-electron chi connectivity index (χ2n) is 7.50. The van der Waals surface area contributed by atoms with Gasteiger partial charge in [0.15, 0.2) is 11.5 Å². The topological polar surface area (TPSA) is 110 Å². The van der Waals surface area contributed by atoms with Gasteiger partial charge in [-0.3, -0.25) is 4.79 Å². The summed E-state index contributed by atoms with van der Waals surface area (Å²) >= 11 is 0. The predicted molar refractivity (Wildman–Crippen MR) is 120 cm³/mol. The van der Waals surface area contributed by atoms with Crippen molar-refractivity contribution in [2.45, 2.75) is 12.5 Å². The molecule has 162 valence electrons. The third kappa shape index (κ3) is 3.95. The van der Waals surface area contributed by atoms with E-state index in [2.05, 4.69) is 15.3 Å². The zero-order valence-electron chi connectivity index (χ0n) is 17.5. The van der Waals surface area contributed by atoms with E-state index in [1.54, 1.807) is 25.1 Å². The molecule has 8 heteroatoms. The number of phenols is 1. The molecule has 32 heavy (non-hydrogen) atoms. The molecule has 4 rings (SSSR count). The van der Waals surface area contributed by atoms with Gasteiger partial charge in [0.2, 0.25) is 5.91 Å². The molecular weight excluding hydrogens is 411 g/mol. The lowest BCUT2D eigenvalue weighted by molar-refractivity contribution is -0.120. The van der Waals surface area contributed by atoms with Gasteiger partial charge in [0.05, 0.1) is 18.3 Å². The first kappa shape index (κ1) is 21.2. The summed E-state index contributed by atoms with van der Waals surface area (Å²) in [6.07, 6.45) is 1.42. The molecule has 1 heterocycles. The van der Waals surface area contributed by atoms with Crippen LogP contribution in [0.5, 0.6) is 11.5 Å². The number of ether oxygens (including phenoxy) is 1. The van der Waals surface area contributed by atoms with Gasteiger partial charge in [0, 0.05) is 22.7 Å². The van der Waals surface area contributed by atoms with Crippen molar-refractivity contribution >= 4 is 22.5 Å². The maximum atomic E-state index is 13.2. The molecule has 1 unspecified atom stereocenters. The van der Waals surface area contributed by atoms with E-state index in [-0.39, 0.29) is 5.75 Å². The monoisotopic (exact) mass is 432 g/mol. The number of amides is 1. The Bertz CT molecular complexity index is 1290. The van der Waals surface area contributed by atoms with Crippen LogP contribution < -0.4 is 15.8 Å². The Morgan fingerprint density at radius 2 is 1.78 bits per heavy atom. The Morgan fingerprint density at radius 1 is 1.09 bits per heavy atom. The molecule has 0 aliphatic carbocycles. The number of nitrogens with one attached hydrogen (secondary N) is 1. The van der Waals surface area contributed by atoms with Crippen molar-refractivity contribution in [2.75, 3.05) is 12.4 Å². The van der Waals surface area contributed by atoms with Gasteiger partial charge in [-0.1, -0.05) is 24.3 Å². The number of rotatable bonds is 5. The average molecular weight is 432 g/mol. The summed E-state index contributed by atoms with van der Waals surface area (Å²) in [7, 11) is 1.47. The Hall–Kier alpha value is -4.04. The lowest BCUT2D eigenvalue weighted by atomic mass is 9.92. The molecule has 1 atom stereocenters. The minimum Gasteiger partial charge on any atom is -0.504 e. The van der Waals surface area contributed by atoms with Gasteiger partial charge in [-0.25, -0.2) is 14.4 Å². The fourth-order valence-electron chi connectivity index (χ4n) is 3.37. The quantitative estimate of drug-likeness (QED) is 0.440. The number of aromatic nitrogens is 2. The second kappa shape index (κ2) is 8.24. The number of benzene rings is 3. The van der Waals surface area contributed by atoms with E-state index in [1.165, 1.54) is 43.8 Å². The van der Waals surface area contributed by atoms with Gasteiger partial charge in [0.25, 0.3) is 0 Å². The first-order valence-electron chi connectivity index (χ1n) is 9.78.